The van der Waals surface area contributed by atoms with Gasteiger partial charge in [0.2, 0.25) is 0 Å². The van der Waals surface area contributed by atoms with Gasteiger partial charge in [-0.2, -0.15) is 5.10 Å². The van der Waals surface area contributed by atoms with Crippen molar-refractivity contribution in [2.75, 3.05) is 13.7 Å². The summed E-state index contributed by atoms with van der Waals surface area (Å²) in [5, 5.41) is 17.5. The maximum Gasteiger partial charge on any atom is 0.305 e. The van der Waals surface area contributed by atoms with Gasteiger partial charge in [0.05, 0.1) is 35.8 Å². The van der Waals surface area contributed by atoms with Crippen molar-refractivity contribution in [1.29, 1.82) is 0 Å². The Hall–Kier alpha value is -3.85. The van der Waals surface area contributed by atoms with Crippen molar-refractivity contribution < 1.29 is 19.4 Å². The zero-order valence-corrected chi connectivity index (χ0v) is 24.9. The standard InChI is InChI=1S/C31H29Cl2N3O4S/c1-19-8-9-25(40-3)7-5-4-6-21(14-19)27-18-26(22-15-23(32)17-24(33)16-22)35-36(27)20(2)28-10-11-29(41-28)31(39)34-13-12-30(37)38/h4,6-11,14-18,20H,1,5,12-13H2,2-3H3,(H,34,39)(H,37,38)/b6-4-,9-8-,21-14+,25-7+. The van der Waals surface area contributed by atoms with Crippen LogP contribution >= 0.6 is 34.5 Å². The summed E-state index contributed by atoms with van der Waals surface area (Å²) in [6, 6.07) is 10.7. The monoisotopic (exact) mass is 609 g/mol. The quantitative estimate of drug-likeness (QED) is 0.259. The van der Waals surface area contributed by atoms with Gasteiger partial charge in [0.15, 0.2) is 0 Å². The first-order valence-corrected chi connectivity index (χ1v) is 14.4. The molecule has 10 heteroatoms. The van der Waals surface area contributed by atoms with Gasteiger partial charge >= 0.3 is 5.97 Å². The number of carbonyl (C=O) groups is 2. The lowest BCUT2D eigenvalue weighted by atomic mass is 10.0. The Morgan fingerprint density at radius 3 is 2.63 bits per heavy atom. The molecule has 1 aromatic carbocycles. The smallest absolute Gasteiger partial charge is 0.305 e. The van der Waals surface area contributed by atoms with Crippen LogP contribution in [0.1, 0.15) is 46.0 Å². The number of halogens is 2. The third-order valence-corrected chi connectivity index (χ3v) is 7.92. The molecule has 1 aliphatic carbocycles. The fourth-order valence-electron chi connectivity index (χ4n) is 4.18. The fourth-order valence-corrected chi connectivity index (χ4v) is 5.67. The lowest BCUT2D eigenvalue weighted by Crippen LogP contribution is -2.25. The van der Waals surface area contributed by atoms with E-state index < -0.39 is 5.97 Å². The SMILES string of the molecule is C=C1/C=C\C(OC)=C/C/C=C\C(c2cc(-c3cc(Cl)cc(Cl)c3)nn2C(C)c2ccc(C(=O)NCCC(=O)O)s2)=C/1. The van der Waals surface area contributed by atoms with Gasteiger partial charge in [-0.15, -0.1) is 11.3 Å². The predicted octanol–water partition coefficient (Wildman–Crippen LogP) is 7.72. The highest BCUT2D eigenvalue weighted by Gasteiger charge is 2.21. The molecule has 1 amide bonds. The number of amides is 1. The minimum absolute atomic E-state index is 0.0612. The van der Waals surface area contributed by atoms with E-state index in [0.717, 1.165) is 33.0 Å². The first-order chi connectivity index (χ1) is 19.6. The molecule has 2 heterocycles. The van der Waals surface area contributed by atoms with Gasteiger partial charge in [0, 0.05) is 32.6 Å². The molecule has 0 saturated heterocycles. The fraction of sp³-hybridized carbons (Fsp3) is 0.194. The summed E-state index contributed by atoms with van der Waals surface area (Å²) in [5.74, 6) is -0.521. The highest BCUT2D eigenvalue weighted by atomic mass is 35.5. The molecule has 3 aromatic rings. The topological polar surface area (TPSA) is 93.5 Å². The molecule has 212 valence electrons. The van der Waals surface area contributed by atoms with Gasteiger partial charge in [-0.3, -0.25) is 14.3 Å². The second-order valence-electron chi connectivity index (χ2n) is 9.25. The van der Waals surface area contributed by atoms with Crippen molar-refractivity contribution in [2.24, 2.45) is 0 Å². The number of carbonyl (C=O) groups excluding carboxylic acids is 1. The Labute approximate surface area is 252 Å². The van der Waals surface area contributed by atoms with Gasteiger partial charge in [0.1, 0.15) is 5.76 Å². The van der Waals surface area contributed by atoms with E-state index in [2.05, 4.69) is 11.9 Å². The molecule has 0 fully saturated rings. The number of methoxy groups -OCH3 is 1. The van der Waals surface area contributed by atoms with Crippen LogP contribution in [0.15, 0.2) is 90.8 Å². The zero-order chi connectivity index (χ0) is 29.5. The van der Waals surface area contributed by atoms with E-state index in [0.29, 0.717) is 27.0 Å². The van der Waals surface area contributed by atoms with Crippen LogP contribution in [-0.4, -0.2) is 40.4 Å². The number of aliphatic carboxylic acids is 1. The number of rotatable bonds is 9. The van der Waals surface area contributed by atoms with Crippen LogP contribution in [0, 0.1) is 0 Å². The van der Waals surface area contributed by atoms with Crippen LogP contribution in [-0.2, 0) is 9.53 Å². The second kappa shape index (κ2) is 13.7. The van der Waals surface area contributed by atoms with E-state index in [-0.39, 0.29) is 24.9 Å². The molecule has 0 radical (unpaired) electrons. The van der Waals surface area contributed by atoms with Crippen LogP contribution in [0.3, 0.4) is 0 Å². The number of hydrogen-bond acceptors (Lipinski definition) is 5. The molecule has 41 heavy (non-hydrogen) atoms. The van der Waals surface area contributed by atoms with Gasteiger partial charge in [-0.1, -0.05) is 48.0 Å². The Kier molecular flexibility index (Phi) is 10.0. The number of carboxylic acid groups (broad SMARTS) is 1. The molecular weight excluding hydrogens is 581 g/mol. The van der Waals surface area contributed by atoms with Crippen molar-refractivity contribution in [3.63, 3.8) is 0 Å². The van der Waals surface area contributed by atoms with Gasteiger partial charge in [-0.05, 0) is 73.5 Å². The first kappa shape index (κ1) is 30.1. The number of nitrogens with zero attached hydrogens (tertiary/aromatic N) is 2. The van der Waals surface area contributed by atoms with Gasteiger partial charge < -0.3 is 15.2 Å². The van der Waals surface area contributed by atoms with E-state index in [1.165, 1.54) is 11.3 Å². The number of nitrogens with one attached hydrogen (secondary N) is 1. The summed E-state index contributed by atoms with van der Waals surface area (Å²) in [6.45, 7) is 6.26. The predicted molar refractivity (Wildman–Crippen MR) is 166 cm³/mol. The number of benzene rings is 1. The number of aromatic nitrogens is 2. The molecule has 2 aromatic heterocycles. The second-order valence-corrected chi connectivity index (χ2v) is 11.2. The van der Waals surface area contributed by atoms with Crippen molar-refractivity contribution in [2.45, 2.75) is 25.8 Å². The first-order valence-electron chi connectivity index (χ1n) is 12.8. The number of hydrogen-bond donors (Lipinski definition) is 2. The third kappa shape index (κ3) is 7.88. The van der Waals surface area contributed by atoms with Crippen molar-refractivity contribution in [3.8, 4) is 11.3 Å². The molecule has 0 aliphatic heterocycles. The summed E-state index contributed by atoms with van der Waals surface area (Å²) in [6.07, 6.45) is 12.3. The van der Waals surface area contributed by atoms with Crippen molar-refractivity contribution in [3.05, 3.63) is 116 Å². The minimum Gasteiger partial charge on any atom is -0.497 e. The van der Waals surface area contributed by atoms with Crippen molar-refractivity contribution >= 4 is 52.0 Å². The molecule has 4 rings (SSSR count). The zero-order valence-electron chi connectivity index (χ0n) is 22.6. The van der Waals surface area contributed by atoms with E-state index in [9.17, 15) is 9.59 Å². The molecule has 2 N–H and O–H groups in total. The van der Waals surface area contributed by atoms with E-state index in [1.54, 1.807) is 19.2 Å². The Morgan fingerprint density at radius 2 is 1.93 bits per heavy atom. The van der Waals surface area contributed by atoms with Gasteiger partial charge in [0.25, 0.3) is 5.91 Å². The Morgan fingerprint density at radius 1 is 1.17 bits per heavy atom. The molecule has 7 nitrogen and oxygen atoms in total. The number of ether oxygens (including phenoxy) is 1. The molecule has 0 spiro atoms. The molecular formula is C31H29Cl2N3O4S. The Bertz CT molecular complexity index is 1580. The largest absolute Gasteiger partial charge is 0.497 e. The van der Waals surface area contributed by atoms with Crippen LogP contribution in [0.5, 0.6) is 0 Å². The Balaban J connectivity index is 1.75. The maximum absolute atomic E-state index is 12.6. The summed E-state index contributed by atoms with van der Waals surface area (Å²) < 4.78 is 7.31. The van der Waals surface area contributed by atoms with E-state index in [4.69, 9.17) is 38.1 Å². The number of carboxylic acids is 1. The third-order valence-electron chi connectivity index (χ3n) is 6.23. The van der Waals surface area contributed by atoms with E-state index in [1.807, 2.05) is 72.3 Å². The highest BCUT2D eigenvalue weighted by molar-refractivity contribution is 7.14. The number of thiophene rings is 1. The van der Waals surface area contributed by atoms with Gasteiger partial charge in [-0.25, -0.2) is 0 Å². The summed E-state index contributed by atoms with van der Waals surface area (Å²) in [7, 11) is 1.63. The maximum atomic E-state index is 12.6. The average Bonchev–Trinajstić information content (AvgIpc) is 3.59. The van der Waals surface area contributed by atoms with E-state index >= 15 is 0 Å². The normalized spacial score (nSPS) is 18.4. The summed E-state index contributed by atoms with van der Waals surface area (Å²) in [4.78, 5) is 24.8. The van der Waals surface area contributed by atoms with Crippen LogP contribution in [0.4, 0.5) is 0 Å². The van der Waals surface area contributed by atoms with Crippen LogP contribution in [0.25, 0.3) is 16.8 Å². The average molecular weight is 611 g/mol. The molecule has 1 unspecified atom stereocenters. The molecule has 0 bridgehead atoms. The van der Waals surface area contributed by atoms with Crippen molar-refractivity contribution in [1.82, 2.24) is 15.1 Å². The minimum atomic E-state index is -0.967. The van der Waals surface area contributed by atoms with Crippen LogP contribution < -0.4 is 5.32 Å². The molecule has 1 atom stereocenters. The lowest BCUT2D eigenvalue weighted by Gasteiger charge is -2.15. The highest BCUT2D eigenvalue weighted by Crippen LogP contribution is 2.34. The number of allylic oxidation sites excluding steroid dienone is 8. The van der Waals surface area contributed by atoms with Crippen LogP contribution in [0.2, 0.25) is 10.0 Å². The summed E-state index contributed by atoms with van der Waals surface area (Å²) >= 11 is 14.0. The molecule has 0 saturated carbocycles. The lowest BCUT2D eigenvalue weighted by molar-refractivity contribution is -0.136. The summed E-state index contributed by atoms with van der Waals surface area (Å²) in [5.41, 5.74) is 3.98. The molecule has 1 aliphatic rings.